The number of fused-ring (bicyclic) bond motifs is 1. The highest BCUT2D eigenvalue weighted by Crippen LogP contribution is 2.36. The summed E-state index contributed by atoms with van der Waals surface area (Å²) in [6.07, 6.45) is 3.18. The van der Waals surface area contributed by atoms with E-state index in [9.17, 15) is 5.21 Å². The van der Waals surface area contributed by atoms with Crippen LogP contribution in [0.3, 0.4) is 0 Å². The van der Waals surface area contributed by atoms with Crippen LogP contribution in [0.4, 0.5) is 0 Å². The van der Waals surface area contributed by atoms with Crippen molar-refractivity contribution in [1.29, 1.82) is 0 Å². The molecule has 1 N–H and O–H groups in total. The van der Waals surface area contributed by atoms with Crippen molar-refractivity contribution in [3.8, 4) is 5.75 Å². The summed E-state index contributed by atoms with van der Waals surface area (Å²) in [7, 11) is 1.67. The van der Waals surface area contributed by atoms with Gasteiger partial charge in [-0.1, -0.05) is 23.4 Å². The number of hydrogen-bond acceptors (Lipinski definition) is 5. The second-order valence-electron chi connectivity index (χ2n) is 5.17. The molecule has 0 saturated heterocycles. The predicted octanol–water partition coefficient (Wildman–Crippen LogP) is 2.70. The van der Waals surface area contributed by atoms with Gasteiger partial charge in [-0.3, -0.25) is 0 Å². The fourth-order valence-corrected chi connectivity index (χ4v) is 2.88. The maximum absolute atomic E-state index is 9.30. The number of hydrogen-bond donors (Lipinski definition) is 1. The van der Waals surface area contributed by atoms with Crippen LogP contribution in [0.2, 0.25) is 0 Å². The van der Waals surface area contributed by atoms with Crippen LogP contribution in [0.5, 0.6) is 5.75 Å². The Bertz CT molecular complexity index is 698. The molecule has 5 heteroatoms. The highest BCUT2D eigenvalue weighted by atomic mass is 16.5. The van der Waals surface area contributed by atoms with Crippen molar-refractivity contribution < 1.29 is 9.94 Å². The average Bonchev–Trinajstić information content (AvgIpc) is 2.53. The lowest BCUT2D eigenvalue weighted by Crippen LogP contribution is -2.22. The first-order valence-electron chi connectivity index (χ1n) is 6.89. The molecule has 0 aliphatic heterocycles. The van der Waals surface area contributed by atoms with Crippen LogP contribution >= 0.6 is 0 Å². The Morgan fingerprint density at radius 3 is 2.86 bits per heavy atom. The van der Waals surface area contributed by atoms with Crippen LogP contribution in [0.15, 0.2) is 35.6 Å². The van der Waals surface area contributed by atoms with Gasteiger partial charge < -0.3 is 9.94 Å². The van der Waals surface area contributed by atoms with Crippen LogP contribution < -0.4 is 4.74 Å². The third-order valence-electron chi connectivity index (χ3n) is 3.88. The fourth-order valence-electron chi connectivity index (χ4n) is 2.88. The highest BCUT2D eigenvalue weighted by molar-refractivity contribution is 6.02. The van der Waals surface area contributed by atoms with Crippen molar-refractivity contribution in [1.82, 2.24) is 9.97 Å². The van der Waals surface area contributed by atoms with Crippen molar-refractivity contribution in [2.45, 2.75) is 25.7 Å². The van der Waals surface area contributed by atoms with Gasteiger partial charge in [-0.25, -0.2) is 9.97 Å². The molecule has 0 bridgehead atoms. The first-order valence-corrected chi connectivity index (χ1v) is 6.89. The van der Waals surface area contributed by atoms with Crippen LogP contribution in [0, 0.1) is 6.92 Å². The Morgan fingerprint density at radius 1 is 1.29 bits per heavy atom. The van der Waals surface area contributed by atoms with Crippen LogP contribution in [-0.2, 0) is 6.42 Å². The van der Waals surface area contributed by atoms with Crippen molar-refractivity contribution >= 4 is 5.71 Å². The summed E-state index contributed by atoms with van der Waals surface area (Å²) in [6.45, 7) is 1.86. The Labute approximate surface area is 123 Å². The Hall–Kier alpha value is -2.43. The minimum Gasteiger partial charge on any atom is -0.496 e. The number of para-hydroxylation sites is 1. The average molecular weight is 283 g/mol. The lowest BCUT2D eigenvalue weighted by Gasteiger charge is -2.25. The fraction of sp³-hybridized carbons (Fsp3) is 0.312. The van der Waals surface area contributed by atoms with E-state index < -0.39 is 0 Å². The van der Waals surface area contributed by atoms with E-state index in [-0.39, 0.29) is 5.92 Å². The first-order chi connectivity index (χ1) is 10.2. The Balaban J connectivity index is 2.04. The van der Waals surface area contributed by atoms with E-state index in [0.29, 0.717) is 12.1 Å². The van der Waals surface area contributed by atoms with Gasteiger partial charge in [-0.2, -0.15) is 0 Å². The quantitative estimate of drug-likeness (QED) is 0.679. The zero-order valence-corrected chi connectivity index (χ0v) is 12.1. The number of oxime groups is 1. The van der Waals surface area contributed by atoms with E-state index in [0.717, 1.165) is 34.8 Å². The summed E-state index contributed by atoms with van der Waals surface area (Å²) in [6, 6.07) is 7.95. The minimum atomic E-state index is 0.189. The molecule has 1 aromatic carbocycles. The van der Waals surface area contributed by atoms with E-state index in [4.69, 9.17) is 4.74 Å². The molecule has 5 nitrogen and oxygen atoms in total. The number of aryl methyl sites for hydroxylation is 1. The molecule has 108 valence electrons. The maximum Gasteiger partial charge on any atom is 0.125 e. The van der Waals surface area contributed by atoms with Gasteiger partial charge in [-0.15, -0.1) is 0 Å². The van der Waals surface area contributed by atoms with Crippen LogP contribution in [0.25, 0.3) is 0 Å². The molecule has 1 heterocycles. The topological polar surface area (TPSA) is 67.6 Å². The lowest BCUT2D eigenvalue weighted by atomic mass is 9.81. The predicted molar refractivity (Wildman–Crippen MR) is 79.1 cm³/mol. The molecule has 2 aromatic rings. The molecule has 0 amide bonds. The van der Waals surface area contributed by atoms with Crippen LogP contribution in [0.1, 0.15) is 35.0 Å². The normalized spacial score (nSPS) is 19.3. The third kappa shape index (κ3) is 2.46. The molecule has 1 unspecified atom stereocenters. The van der Waals surface area contributed by atoms with Gasteiger partial charge in [-0.05, 0) is 30.9 Å². The van der Waals surface area contributed by atoms with Gasteiger partial charge in [0.2, 0.25) is 0 Å². The molecule has 1 aliphatic rings. The first kappa shape index (κ1) is 13.5. The number of benzene rings is 1. The van der Waals surface area contributed by atoms with E-state index in [1.807, 2.05) is 25.1 Å². The minimum absolute atomic E-state index is 0.189. The zero-order chi connectivity index (χ0) is 14.8. The van der Waals surface area contributed by atoms with Gasteiger partial charge in [0, 0.05) is 18.2 Å². The SMILES string of the molecule is COc1ccccc1C1C/C(=N\O)c2cnc(C)nc2C1. The van der Waals surface area contributed by atoms with E-state index in [2.05, 4.69) is 21.2 Å². The third-order valence-corrected chi connectivity index (χ3v) is 3.88. The van der Waals surface area contributed by atoms with Gasteiger partial charge in [0.15, 0.2) is 0 Å². The summed E-state index contributed by atoms with van der Waals surface area (Å²) < 4.78 is 5.44. The Kier molecular flexibility index (Phi) is 3.56. The lowest BCUT2D eigenvalue weighted by molar-refractivity contribution is 0.316. The summed E-state index contributed by atoms with van der Waals surface area (Å²) in [5.74, 6) is 1.77. The molecule has 0 radical (unpaired) electrons. The highest BCUT2D eigenvalue weighted by Gasteiger charge is 2.28. The monoisotopic (exact) mass is 283 g/mol. The van der Waals surface area contributed by atoms with E-state index in [1.54, 1.807) is 13.3 Å². The second-order valence-corrected chi connectivity index (χ2v) is 5.17. The maximum atomic E-state index is 9.30. The molecule has 0 spiro atoms. The summed E-state index contributed by atoms with van der Waals surface area (Å²) in [4.78, 5) is 8.69. The number of nitrogens with zero attached hydrogens (tertiary/aromatic N) is 3. The Morgan fingerprint density at radius 2 is 2.10 bits per heavy atom. The molecule has 21 heavy (non-hydrogen) atoms. The standard InChI is InChI=1S/C16H17N3O2/c1-10-17-9-13-14(18-10)7-11(8-15(13)19-20)12-5-3-4-6-16(12)21-2/h3-6,9,11,20H,7-8H2,1-2H3/b19-15+. The number of aromatic nitrogens is 2. The molecule has 1 aliphatic carbocycles. The summed E-state index contributed by atoms with van der Waals surface area (Å²) >= 11 is 0. The van der Waals surface area contributed by atoms with Crippen molar-refractivity contribution in [2.75, 3.05) is 7.11 Å². The second kappa shape index (κ2) is 5.52. The largest absolute Gasteiger partial charge is 0.496 e. The number of ether oxygens (including phenoxy) is 1. The molecule has 3 rings (SSSR count). The van der Waals surface area contributed by atoms with E-state index >= 15 is 0 Å². The van der Waals surface area contributed by atoms with E-state index in [1.165, 1.54) is 0 Å². The smallest absolute Gasteiger partial charge is 0.125 e. The molecule has 1 atom stereocenters. The van der Waals surface area contributed by atoms with Crippen molar-refractivity contribution in [3.63, 3.8) is 0 Å². The molecule has 0 fully saturated rings. The van der Waals surface area contributed by atoms with Crippen LogP contribution in [-0.4, -0.2) is 28.0 Å². The van der Waals surface area contributed by atoms with Gasteiger partial charge >= 0.3 is 0 Å². The summed E-state index contributed by atoms with van der Waals surface area (Å²) in [5.41, 5.74) is 3.52. The van der Waals surface area contributed by atoms with Crippen molar-refractivity contribution in [2.24, 2.45) is 5.16 Å². The zero-order valence-electron chi connectivity index (χ0n) is 12.1. The number of rotatable bonds is 2. The summed E-state index contributed by atoms with van der Waals surface area (Å²) in [5, 5.41) is 12.7. The molecule has 0 saturated carbocycles. The molecular formula is C16H17N3O2. The van der Waals surface area contributed by atoms with Gasteiger partial charge in [0.05, 0.1) is 18.5 Å². The van der Waals surface area contributed by atoms with Gasteiger partial charge in [0.1, 0.15) is 11.6 Å². The number of methoxy groups -OCH3 is 1. The van der Waals surface area contributed by atoms with Crippen molar-refractivity contribution in [3.05, 3.63) is 53.1 Å². The molecular weight excluding hydrogens is 266 g/mol. The molecule has 1 aromatic heterocycles. The van der Waals surface area contributed by atoms with Gasteiger partial charge in [0.25, 0.3) is 0 Å².